The normalized spacial score (nSPS) is 14.8. The lowest BCUT2D eigenvalue weighted by Gasteiger charge is -2.18. The Kier molecular flexibility index (Phi) is 5.08. The Bertz CT molecular complexity index is 608. The van der Waals surface area contributed by atoms with E-state index in [1.54, 1.807) is 0 Å². The van der Waals surface area contributed by atoms with E-state index in [1.165, 1.54) is 22.3 Å². The summed E-state index contributed by atoms with van der Waals surface area (Å²) in [6, 6.07) is 16.6. The first-order valence-corrected chi connectivity index (χ1v) is 8.01. The second-order valence-electron chi connectivity index (χ2n) is 5.93. The molecule has 3 rings (SSSR count). The smallest absolute Gasteiger partial charge is 0.154 e. The number of hydrogen-bond acceptors (Lipinski definition) is 4. The molecule has 1 unspecified atom stereocenters. The van der Waals surface area contributed by atoms with Crippen molar-refractivity contribution in [3.05, 3.63) is 59.7 Å². The van der Waals surface area contributed by atoms with Crippen LogP contribution in [-0.2, 0) is 4.74 Å². The van der Waals surface area contributed by atoms with Crippen LogP contribution in [0.25, 0.3) is 11.1 Å². The van der Waals surface area contributed by atoms with Crippen LogP contribution in [0.3, 0.4) is 0 Å². The van der Waals surface area contributed by atoms with Gasteiger partial charge in [-0.05, 0) is 41.5 Å². The average molecular weight is 314 g/mol. The fourth-order valence-electron chi connectivity index (χ4n) is 3.21. The van der Waals surface area contributed by atoms with Gasteiger partial charge >= 0.3 is 0 Å². The van der Waals surface area contributed by atoms with Gasteiger partial charge in [0.1, 0.15) is 0 Å². The summed E-state index contributed by atoms with van der Waals surface area (Å²) < 4.78 is 5.61. The third kappa shape index (κ3) is 3.62. The van der Waals surface area contributed by atoms with Crippen LogP contribution in [0.1, 0.15) is 36.3 Å². The van der Waals surface area contributed by atoms with Gasteiger partial charge in [-0.2, -0.15) is 0 Å². The number of benzene rings is 2. The maximum absolute atomic E-state index is 9.93. The summed E-state index contributed by atoms with van der Waals surface area (Å²) in [4.78, 5) is 0. The van der Waals surface area contributed by atoms with Crippen molar-refractivity contribution in [3.8, 4) is 11.1 Å². The fourth-order valence-corrected chi connectivity index (χ4v) is 3.21. The van der Waals surface area contributed by atoms with Crippen LogP contribution in [0.2, 0.25) is 0 Å². The molecular weight excluding hydrogens is 292 g/mol. The summed E-state index contributed by atoms with van der Waals surface area (Å²) in [5.41, 5.74) is 4.92. The highest BCUT2D eigenvalue weighted by molar-refractivity contribution is 5.78. The van der Waals surface area contributed by atoms with Crippen LogP contribution < -0.4 is 0 Å². The number of aliphatic hydroxyl groups is 3. The predicted molar refractivity (Wildman–Crippen MR) is 87.8 cm³/mol. The Hall–Kier alpha value is -1.72. The Morgan fingerprint density at radius 2 is 1.39 bits per heavy atom. The van der Waals surface area contributed by atoms with Gasteiger partial charge < -0.3 is 20.1 Å². The summed E-state index contributed by atoms with van der Waals surface area (Å²) in [6.07, 6.45) is -1.05. The van der Waals surface area contributed by atoms with Gasteiger partial charge in [-0.3, -0.25) is 0 Å². The van der Waals surface area contributed by atoms with E-state index in [-0.39, 0.29) is 12.3 Å². The summed E-state index contributed by atoms with van der Waals surface area (Å²) in [7, 11) is 0. The van der Waals surface area contributed by atoms with Crippen molar-refractivity contribution in [2.24, 2.45) is 0 Å². The van der Waals surface area contributed by atoms with Crippen LogP contribution >= 0.6 is 0 Å². The SMILES string of the molecule is OC(O)CCCC(O)OCC1c2ccccc2-c2ccccc21. The first-order valence-electron chi connectivity index (χ1n) is 8.01. The second kappa shape index (κ2) is 7.23. The van der Waals surface area contributed by atoms with E-state index in [2.05, 4.69) is 24.3 Å². The van der Waals surface area contributed by atoms with E-state index in [0.717, 1.165) is 0 Å². The van der Waals surface area contributed by atoms with Crippen molar-refractivity contribution < 1.29 is 20.1 Å². The zero-order valence-electron chi connectivity index (χ0n) is 12.9. The predicted octanol–water partition coefficient (Wildman–Crippen LogP) is 2.61. The van der Waals surface area contributed by atoms with Gasteiger partial charge in [0, 0.05) is 5.92 Å². The molecule has 3 N–H and O–H groups in total. The summed E-state index contributed by atoms with van der Waals surface area (Å²) >= 11 is 0. The molecule has 1 aliphatic rings. The monoisotopic (exact) mass is 314 g/mol. The standard InChI is InChI=1S/C19H22O4/c20-18(21)10-5-11-19(22)23-12-17-15-8-3-1-6-13(15)14-7-2-4-9-16(14)17/h1-4,6-9,17-22H,5,10-12H2. The minimum absolute atomic E-state index is 0.125. The Labute approximate surface area is 136 Å². The molecule has 0 spiro atoms. The topological polar surface area (TPSA) is 69.9 Å². The number of aliphatic hydroxyl groups excluding tert-OH is 2. The van der Waals surface area contributed by atoms with Crippen molar-refractivity contribution in [3.63, 3.8) is 0 Å². The van der Waals surface area contributed by atoms with E-state index in [1.807, 2.05) is 24.3 Å². The molecular formula is C19H22O4. The first-order chi connectivity index (χ1) is 11.2. The van der Waals surface area contributed by atoms with Gasteiger partial charge in [-0.15, -0.1) is 0 Å². The molecule has 0 radical (unpaired) electrons. The third-order valence-corrected chi connectivity index (χ3v) is 4.33. The summed E-state index contributed by atoms with van der Waals surface area (Å²) in [6.45, 7) is 0.414. The maximum atomic E-state index is 9.93. The van der Waals surface area contributed by atoms with Gasteiger partial charge in [0.2, 0.25) is 0 Å². The van der Waals surface area contributed by atoms with Crippen LogP contribution in [0.4, 0.5) is 0 Å². The first kappa shape index (κ1) is 16.1. The van der Waals surface area contributed by atoms with Crippen molar-refractivity contribution in [1.29, 1.82) is 0 Å². The number of hydrogen-bond donors (Lipinski definition) is 3. The number of ether oxygens (including phenoxy) is 1. The van der Waals surface area contributed by atoms with E-state index >= 15 is 0 Å². The average Bonchev–Trinajstić information content (AvgIpc) is 2.87. The largest absolute Gasteiger partial charge is 0.368 e. The quantitative estimate of drug-likeness (QED) is 0.687. The molecule has 0 aromatic heterocycles. The molecule has 0 saturated carbocycles. The van der Waals surface area contributed by atoms with E-state index in [4.69, 9.17) is 14.9 Å². The summed E-state index contributed by atoms with van der Waals surface area (Å²) in [5, 5.41) is 27.6. The molecule has 4 nitrogen and oxygen atoms in total. The molecule has 1 atom stereocenters. The lowest BCUT2D eigenvalue weighted by molar-refractivity contribution is -0.110. The van der Waals surface area contributed by atoms with E-state index in [0.29, 0.717) is 19.4 Å². The zero-order valence-corrected chi connectivity index (χ0v) is 12.9. The Morgan fingerprint density at radius 1 is 0.826 bits per heavy atom. The molecule has 2 aromatic carbocycles. The molecule has 23 heavy (non-hydrogen) atoms. The molecule has 1 aliphatic carbocycles. The highest BCUT2D eigenvalue weighted by atomic mass is 16.6. The highest BCUT2D eigenvalue weighted by Gasteiger charge is 2.28. The highest BCUT2D eigenvalue weighted by Crippen LogP contribution is 2.44. The van der Waals surface area contributed by atoms with E-state index in [9.17, 15) is 5.11 Å². The zero-order chi connectivity index (χ0) is 16.2. The lowest BCUT2D eigenvalue weighted by atomic mass is 9.98. The van der Waals surface area contributed by atoms with Crippen molar-refractivity contribution in [2.45, 2.75) is 37.8 Å². The van der Waals surface area contributed by atoms with Gasteiger partial charge in [0.15, 0.2) is 12.6 Å². The molecule has 4 heteroatoms. The van der Waals surface area contributed by atoms with Crippen LogP contribution in [0, 0.1) is 0 Å². The summed E-state index contributed by atoms with van der Waals surface area (Å²) in [5.74, 6) is 0.125. The van der Waals surface area contributed by atoms with Crippen LogP contribution in [0.15, 0.2) is 48.5 Å². The van der Waals surface area contributed by atoms with Crippen LogP contribution in [0.5, 0.6) is 0 Å². The Balaban J connectivity index is 1.66. The molecule has 0 heterocycles. The number of fused-ring (bicyclic) bond motifs is 3. The number of rotatable bonds is 7. The van der Waals surface area contributed by atoms with Crippen LogP contribution in [-0.4, -0.2) is 34.5 Å². The molecule has 0 saturated heterocycles. The second-order valence-corrected chi connectivity index (χ2v) is 5.93. The van der Waals surface area contributed by atoms with Gasteiger partial charge in [-0.1, -0.05) is 48.5 Å². The maximum Gasteiger partial charge on any atom is 0.154 e. The lowest BCUT2D eigenvalue weighted by Crippen LogP contribution is -2.17. The Morgan fingerprint density at radius 3 is 1.96 bits per heavy atom. The molecule has 0 bridgehead atoms. The minimum Gasteiger partial charge on any atom is -0.368 e. The molecule has 122 valence electrons. The molecule has 0 aliphatic heterocycles. The molecule has 0 fully saturated rings. The van der Waals surface area contributed by atoms with Crippen molar-refractivity contribution in [1.82, 2.24) is 0 Å². The third-order valence-electron chi connectivity index (χ3n) is 4.33. The van der Waals surface area contributed by atoms with Gasteiger partial charge in [0.05, 0.1) is 6.61 Å². The van der Waals surface area contributed by atoms with Gasteiger partial charge in [-0.25, -0.2) is 0 Å². The molecule has 2 aromatic rings. The van der Waals surface area contributed by atoms with E-state index < -0.39 is 12.6 Å². The van der Waals surface area contributed by atoms with Crippen molar-refractivity contribution in [2.75, 3.05) is 6.61 Å². The minimum atomic E-state index is -1.32. The van der Waals surface area contributed by atoms with Crippen molar-refractivity contribution >= 4 is 0 Å². The van der Waals surface area contributed by atoms with Gasteiger partial charge in [0.25, 0.3) is 0 Å². The fraction of sp³-hybridized carbons (Fsp3) is 0.368. The molecule has 0 amide bonds.